The number of hydrogen-bond acceptors (Lipinski definition) is 6. The van der Waals surface area contributed by atoms with Crippen LogP contribution < -0.4 is 24.8 Å². The number of hydrogen-bond donors (Lipinski definition) is 2. The number of imidazole rings is 1. The molecule has 3 aromatic rings. The third-order valence-corrected chi connectivity index (χ3v) is 5.35. The van der Waals surface area contributed by atoms with E-state index < -0.39 is 0 Å². The van der Waals surface area contributed by atoms with Crippen LogP contribution in [0.2, 0.25) is 0 Å². The van der Waals surface area contributed by atoms with E-state index in [0.29, 0.717) is 18.0 Å². The first-order chi connectivity index (χ1) is 15.5. The predicted octanol–water partition coefficient (Wildman–Crippen LogP) is 2.32. The van der Waals surface area contributed by atoms with Gasteiger partial charge < -0.3 is 29.4 Å². The number of nitrogens with one attached hydrogen (secondary N) is 2. The fourth-order valence-corrected chi connectivity index (χ4v) is 3.60. The smallest absolute Gasteiger partial charge is 0.287 e. The van der Waals surface area contributed by atoms with Crippen LogP contribution in [0.1, 0.15) is 38.3 Å². The summed E-state index contributed by atoms with van der Waals surface area (Å²) in [5.41, 5.74) is 1.91. The molecule has 0 fully saturated rings. The fraction of sp³-hybridized carbons (Fsp3) is 0.261. The minimum Gasteiger partial charge on any atom is -0.497 e. The monoisotopic (exact) mass is 436 g/mol. The minimum atomic E-state index is -0.376. The van der Waals surface area contributed by atoms with Crippen molar-refractivity contribution in [2.75, 3.05) is 21.3 Å². The standard InChI is InChI=1S/C23H24N4O5/c1-30-16-7-4-14(5-8-16)18-12-27-13-19(25-21(27)23(29)26-18)22(28)24-11-15-6-9-17(31-2)10-20(15)32-3/h4-10,13,18H,11-12H2,1-3H3,(H,24,28)(H,26,29). The molecular formula is C23H24N4O5. The number of ether oxygens (including phenoxy) is 3. The number of carbonyl (C=O) groups excluding carboxylic acids is 2. The summed E-state index contributed by atoms with van der Waals surface area (Å²) in [5.74, 6) is 1.52. The van der Waals surface area contributed by atoms with Gasteiger partial charge in [0, 0.05) is 30.9 Å². The zero-order valence-corrected chi connectivity index (χ0v) is 18.0. The molecule has 0 saturated carbocycles. The second kappa shape index (κ2) is 9.01. The molecular weight excluding hydrogens is 412 g/mol. The number of rotatable bonds is 7. The van der Waals surface area contributed by atoms with Gasteiger partial charge in [0.15, 0.2) is 5.82 Å². The molecule has 2 aromatic carbocycles. The summed E-state index contributed by atoms with van der Waals surface area (Å²) in [6.45, 7) is 0.717. The Bertz CT molecular complexity index is 1140. The van der Waals surface area contributed by atoms with E-state index >= 15 is 0 Å². The molecule has 0 saturated heterocycles. The third-order valence-electron chi connectivity index (χ3n) is 5.35. The van der Waals surface area contributed by atoms with Gasteiger partial charge in [-0.05, 0) is 29.8 Å². The highest BCUT2D eigenvalue weighted by molar-refractivity contribution is 5.96. The Morgan fingerprint density at radius 2 is 1.81 bits per heavy atom. The number of carbonyl (C=O) groups is 2. The van der Waals surface area contributed by atoms with Crippen LogP contribution in [-0.4, -0.2) is 42.7 Å². The lowest BCUT2D eigenvalue weighted by molar-refractivity contribution is 0.0894. The Balaban J connectivity index is 1.46. The number of fused-ring (bicyclic) bond motifs is 1. The molecule has 9 nitrogen and oxygen atoms in total. The zero-order valence-electron chi connectivity index (χ0n) is 18.0. The van der Waals surface area contributed by atoms with Crippen LogP contribution in [0.15, 0.2) is 48.7 Å². The van der Waals surface area contributed by atoms with Gasteiger partial charge in [-0.15, -0.1) is 0 Å². The van der Waals surface area contributed by atoms with Crippen LogP contribution in [0.5, 0.6) is 17.2 Å². The van der Waals surface area contributed by atoms with Crippen LogP contribution in [0.3, 0.4) is 0 Å². The van der Waals surface area contributed by atoms with Crippen LogP contribution in [0.25, 0.3) is 0 Å². The lowest BCUT2D eigenvalue weighted by atomic mass is 10.1. The molecule has 2 amide bonds. The second-order valence-corrected chi connectivity index (χ2v) is 7.26. The Morgan fingerprint density at radius 3 is 2.50 bits per heavy atom. The van der Waals surface area contributed by atoms with Crippen molar-refractivity contribution in [1.82, 2.24) is 20.2 Å². The molecule has 9 heteroatoms. The minimum absolute atomic E-state index is 0.179. The summed E-state index contributed by atoms with van der Waals surface area (Å²) in [6.07, 6.45) is 1.60. The van der Waals surface area contributed by atoms with Gasteiger partial charge in [0.1, 0.15) is 22.9 Å². The van der Waals surface area contributed by atoms with Crippen molar-refractivity contribution in [2.45, 2.75) is 19.1 Å². The Hall–Kier alpha value is -4.01. The summed E-state index contributed by atoms with van der Waals surface area (Å²) in [7, 11) is 4.74. The van der Waals surface area contributed by atoms with E-state index in [2.05, 4.69) is 15.6 Å². The number of nitrogens with zero attached hydrogens (tertiary/aromatic N) is 2. The maximum absolute atomic E-state index is 12.7. The number of benzene rings is 2. The Kier molecular flexibility index (Phi) is 5.98. The highest BCUT2D eigenvalue weighted by Gasteiger charge is 2.28. The average Bonchev–Trinajstić information content (AvgIpc) is 3.27. The molecule has 1 aliphatic rings. The quantitative estimate of drug-likeness (QED) is 0.589. The summed E-state index contributed by atoms with van der Waals surface area (Å²) in [5, 5.41) is 5.76. The maximum atomic E-state index is 12.7. The van der Waals surface area contributed by atoms with E-state index in [-0.39, 0.29) is 35.9 Å². The van der Waals surface area contributed by atoms with Gasteiger partial charge in [-0.1, -0.05) is 12.1 Å². The number of amides is 2. The molecule has 4 rings (SSSR count). The molecule has 1 aliphatic heterocycles. The van der Waals surface area contributed by atoms with Crippen molar-refractivity contribution in [3.05, 3.63) is 71.3 Å². The van der Waals surface area contributed by atoms with E-state index in [1.165, 1.54) is 0 Å². The van der Waals surface area contributed by atoms with Crippen LogP contribution in [0, 0.1) is 0 Å². The first-order valence-corrected chi connectivity index (χ1v) is 10.0. The number of aromatic nitrogens is 2. The second-order valence-electron chi connectivity index (χ2n) is 7.26. The topological polar surface area (TPSA) is 104 Å². The first-order valence-electron chi connectivity index (χ1n) is 10.0. The molecule has 0 spiro atoms. The molecule has 1 aromatic heterocycles. The molecule has 1 unspecified atom stereocenters. The normalized spacial score (nSPS) is 14.8. The zero-order chi connectivity index (χ0) is 22.7. The van der Waals surface area contributed by atoms with E-state index in [1.807, 2.05) is 30.3 Å². The molecule has 0 bridgehead atoms. The van der Waals surface area contributed by atoms with Crippen LogP contribution >= 0.6 is 0 Å². The van der Waals surface area contributed by atoms with E-state index in [0.717, 1.165) is 16.9 Å². The maximum Gasteiger partial charge on any atom is 0.287 e. The third kappa shape index (κ3) is 4.22. The molecule has 2 N–H and O–H groups in total. The predicted molar refractivity (Wildman–Crippen MR) is 116 cm³/mol. The lowest BCUT2D eigenvalue weighted by Gasteiger charge is -2.25. The summed E-state index contributed by atoms with van der Waals surface area (Å²) < 4.78 is 17.4. The molecule has 0 radical (unpaired) electrons. The van der Waals surface area contributed by atoms with Crippen molar-refractivity contribution < 1.29 is 23.8 Å². The molecule has 166 valence electrons. The lowest BCUT2D eigenvalue weighted by Crippen LogP contribution is -2.38. The van der Waals surface area contributed by atoms with E-state index in [4.69, 9.17) is 14.2 Å². The van der Waals surface area contributed by atoms with Crippen LogP contribution in [-0.2, 0) is 13.1 Å². The summed E-state index contributed by atoms with van der Waals surface area (Å²) in [4.78, 5) is 29.5. The van der Waals surface area contributed by atoms with E-state index in [9.17, 15) is 9.59 Å². The molecule has 1 atom stereocenters. The van der Waals surface area contributed by atoms with Crippen molar-refractivity contribution in [2.24, 2.45) is 0 Å². The highest BCUT2D eigenvalue weighted by atomic mass is 16.5. The largest absolute Gasteiger partial charge is 0.497 e. The van der Waals surface area contributed by atoms with Gasteiger partial charge in [-0.2, -0.15) is 0 Å². The fourth-order valence-electron chi connectivity index (χ4n) is 3.60. The van der Waals surface area contributed by atoms with E-state index in [1.54, 1.807) is 44.2 Å². The highest BCUT2D eigenvalue weighted by Crippen LogP contribution is 2.25. The van der Waals surface area contributed by atoms with Gasteiger partial charge in [0.05, 0.1) is 27.4 Å². The van der Waals surface area contributed by atoms with Gasteiger partial charge in [-0.25, -0.2) is 4.98 Å². The number of methoxy groups -OCH3 is 3. The van der Waals surface area contributed by atoms with Crippen molar-refractivity contribution >= 4 is 11.8 Å². The first kappa shape index (κ1) is 21.2. The van der Waals surface area contributed by atoms with Crippen molar-refractivity contribution in [3.63, 3.8) is 0 Å². The van der Waals surface area contributed by atoms with Gasteiger partial charge in [0.25, 0.3) is 11.8 Å². The van der Waals surface area contributed by atoms with Crippen molar-refractivity contribution in [1.29, 1.82) is 0 Å². The van der Waals surface area contributed by atoms with Crippen LogP contribution in [0.4, 0.5) is 0 Å². The van der Waals surface area contributed by atoms with Gasteiger partial charge in [-0.3, -0.25) is 9.59 Å². The Labute approximate surface area is 185 Å². The molecule has 0 aliphatic carbocycles. The Morgan fingerprint density at radius 1 is 1.09 bits per heavy atom. The SMILES string of the molecule is COc1ccc(C2Cn3cc(C(=O)NCc4ccc(OC)cc4OC)nc3C(=O)N2)cc1. The summed E-state index contributed by atoms with van der Waals surface area (Å²) in [6, 6.07) is 12.6. The average molecular weight is 436 g/mol. The molecule has 32 heavy (non-hydrogen) atoms. The summed E-state index contributed by atoms with van der Waals surface area (Å²) >= 11 is 0. The van der Waals surface area contributed by atoms with Crippen molar-refractivity contribution in [3.8, 4) is 17.2 Å². The molecule has 2 heterocycles. The van der Waals surface area contributed by atoms with Gasteiger partial charge >= 0.3 is 0 Å². The van der Waals surface area contributed by atoms with Gasteiger partial charge in [0.2, 0.25) is 0 Å².